The molecule has 0 aliphatic heterocycles. The summed E-state index contributed by atoms with van der Waals surface area (Å²) in [5.41, 5.74) is 2.47. The highest BCUT2D eigenvalue weighted by molar-refractivity contribution is 7.16. The third-order valence-corrected chi connectivity index (χ3v) is 4.95. The molecule has 1 heterocycles. The van der Waals surface area contributed by atoms with E-state index in [9.17, 15) is 4.79 Å². The minimum atomic E-state index is 0.120. The number of halogens is 1. The van der Waals surface area contributed by atoms with Crippen LogP contribution in [0.25, 0.3) is 0 Å². The average Bonchev–Trinajstić information content (AvgIpc) is 2.92. The molecule has 23 heavy (non-hydrogen) atoms. The fourth-order valence-electron chi connectivity index (χ4n) is 2.35. The SMILES string of the molecule is CCc1ccc(CN(C)C(=O)CN(C)Cc2ccc(Cl)s2)cc1. The summed E-state index contributed by atoms with van der Waals surface area (Å²) in [4.78, 5) is 17.3. The van der Waals surface area contributed by atoms with Crippen LogP contribution in [-0.4, -0.2) is 36.3 Å². The molecule has 1 aromatic heterocycles. The second-order valence-corrected chi connectivity index (χ2v) is 7.60. The van der Waals surface area contributed by atoms with Gasteiger partial charge < -0.3 is 4.90 Å². The van der Waals surface area contributed by atoms with E-state index in [1.54, 1.807) is 16.2 Å². The smallest absolute Gasteiger partial charge is 0.236 e. The molecule has 3 nitrogen and oxygen atoms in total. The maximum atomic E-state index is 12.3. The first-order valence-corrected chi connectivity index (χ1v) is 8.92. The Morgan fingerprint density at radius 1 is 1.04 bits per heavy atom. The predicted octanol–water partition coefficient (Wildman–Crippen LogP) is 4.05. The first-order chi connectivity index (χ1) is 11.0. The van der Waals surface area contributed by atoms with Gasteiger partial charge in [0.1, 0.15) is 0 Å². The van der Waals surface area contributed by atoms with Gasteiger partial charge in [0.2, 0.25) is 5.91 Å². The Morgan fingerprint density at radius 2 is 1.70 bits per heavy atom. The minimum absolute atomic E-state index is 0.120. The maximum absolute atomic E-state index is 12.3. The van der Waals surface area contributed by atoms with Crippen molar-refractivity contribution in [2.45, 2.75) is 26.4 Å². The number of aryl methyl sites for hydroxylation is 1. The van der Waals surface area contributed by atoms with E-state index in [2.05, 4.69) is 31.2 Å². The Hall–Kier alpha value is -1.36. The van der Waals surface area contributed by atoms with Gasteiger partial charge in [-0.25, -0.2) is 0 Å². The summed E-state index contributed by atoms with van der Waals surface area (Å²) in [5.74, 6) is 0.120. The molecule has 0 saturated heterocycles. The van der Waals surface area contributed by atoms with Gasteiger partial charge in [0, 0.05) is 25.0 Å². The van der Waals surface area contributed by atoms with Gasteiger partial charge in [-0.05, 0) is 36.7 Å². The van der Waals surface area contributed by atoms with E-state index >= 15 is 0 Å². The summed E-state index contributed by atoms with van der Waals surface area (Å²) in [5, 5.41) is 0. The number of rotatable bonds is 7. The van der Waals surface area contributed by atoms with E-state index in [4.69, 9.17) is 11.6 Å². The summed E-state index contributed by atoms with van der Waals surface area (Å²) in [7, 11) is 3.81. The monoisotopic (exact) mass is 350 g/mol. The van der Waals surface area contributed by atoms with Gasteiger partial charge in [0.05, 0.1) is 10.9 Å². The molecule has 1 aromatic carbocycles. The third kappa shape index (κ3) is 5.65. The highest BCUT2D eigenvalue weighted by Crippen LogP contribution is 2.22. The van der Waals surface area contributed by atoms with Crippen LogP contribution in [0, 0.1) is 0 Å². The number of amides is 1. The Balaban J connectivity index is 1.83. The second kappa shape index (κ2) is 8.48. The van der Waals surface area contributed by atoms with Crippen LogP contribution in [0.15, 0.2) is 36.4 Å². The molecule has 2 aromatic rings. The van der Waals surface area contributed by atoms with Crippen molar-refractivity contribution in [2.75, 3.05) is 20.6 Å². The van der Waals surface area contributed by atoms with Crippen LogP contribution in [0.5, 0.6) is 0 Å². The van der Waals surface area contributed by atoms with Gasteiger partial charge >= 0.3 is 0 Å². The van der Waals surface area contributed by atoms with Crippen molar-refractivity contribution in [2.24, 2.45) is 0 Å². The molecule has 2 rings (SSSR count). The van der Waals surface area contributed by atoms with Gasteiger partial charge in [-0.3, -0.25) is 9.69 Å². The van der Waals surface area contributed by atoms with Gasteiger partial charge in [0.25, 0.3) is 0 Å². The Labute approximate surface area is 147 Å². The molecular weight excluding hydrogens is 328 g/mol. The number of carbonyl (C=O) groups is 1. The Bertz CT molecular complexity index is 639. The lowest BCUT2D eigenvalue weighted by Crippen LogP contribution is -2.35. The highest BCUT2D eigenvalue weighted by atomic mass is 35.5. The van der Waals surface area contributed by atoms with Crippen molar-refractivity contribution >= 4 is 28.8 Å². The molecule has 5 heteroatoms. The lowest BCUT2D eigenvalue weighted by atomic mass is 10.1. The summed E-state index contributed by atoms with van der Waals surface area (Å²) < 4.78 is 0.785. The zero-order chi connectivity index (χ0) is 16.8. The van der Waals surface area contributed by atoms with Crippen LogP contribution in [-0.2, 0) is 24.3 Å². The molecule has 0 radical (unpaired) electrons. The van der Waals surface area contributed by atoms with Crippen molar-refractivity contribution in [3.8, 4) is 0 Å². The van der Waals surface area contributed by atoms with Crippen LogP contribution < -0.4 is 0 Å². The molecule has 0 atom stereocenters. The van der Waals surface area contributed by atoms with Crippen molar-refractivity contribution in [1.82, 2.24) is 9.80 Å². The number of benzene rings is 1. The summed E-state index contributed by atoms with van der Waals surface area (Å²) in [6.07, 6.45) is 1.03. The van der Waals surface area contributed by atoms with E-state index in [0.29, 0.717) is 13.1 Å². The van der Waals surface area contributed by atoms with Crippen molar-refractivity contribution in [3.63, 3.8) is 0 Å². The number of likely N-dealkylation sites (N-methyl/N-ethyl adjacent to an activating group) is 2. The number of nitrogens with zero attached hydrogens (tertiary/aromatic N) is 2. The standard InChI is InChI=1S/C18H23ClN2OS/c1-4-14-5-7-15(8-6-14)11-21(3)18(22)13-20(2)12-16-9-10-17(19)23-16/h5-10H,4,11-13H2,1-3H3. The molecule has 0 aliphatic rings. The van der Waals surface area contributed by atoms with Crippen LogP contribution in [0.3, 0.4) is 0 Å². The number of carbonyl (C=O) groups excluding carboxylic acids is 1. The van der Waals surface area contributed by atoms with Crippen LogP contribution in [0.1, 0.15) is 22.9 Å². The Morgan fingerprint density at radius 3 is 2.26 bits per heavy atom. The van der Waals surface area contributed by atoms with Crippen LogP contribution in [0.4, 0.5) is 0 Å². The fourth-order valence-corrected chi connectivity index (χ4v) is 3.52. The maximum Gasteiger partial charge on any atom is 0.236 e. The fraction of sp³-hybridized carbons (Fsp3) is 0.389. The van der Waals surface area contributed by atoms with E-state index < -0.39 is 0 Å². The van der Waals surface area contributed by atoms with Crippen molar-refractivity contribution in [1.29, 1.82) is 0 Å². The molecule has 0 N–H and O–H groups in total. The summed E-state index contributed by atoms with van der Waals surface area (Å²) in [6.45, 7) is 3.92. The van der Waals surface area contributed by atoms with Gasteiger partial charge in [-0.2, -0.15) is 0 Å². The molecular formula is C18H23ClN2OS. The third-order valence-electron chi connectivity index (χ3n) is 3.74. The number of thiophene rings is 1. The van der Waals surface area contributed by atoms with E-state index in [0.717, 1.165) is 22.9 Å². The first-order valence-electron chi connectivity index (χ1n) is 7.72. The molecule has 0 fully saturated rings. The molecule has 1 amide bonds. The van der Waals surface area contributed by atoms with Gasteiger partial charge in [-0.15, -0.1) is 11.3 Å². The lowest BCUT2D eigenvalue weighted by Gasteiger charge is -2.21. The van der Waals surface area contributed by atoms with Gasteiger partial charge in [0.15, 0.2) is 0 Å². The topological polar surface area (TPSA) is 23.6 Å². The number of hydrogen-bond acceptors (Lipinski definition) is 3. The zero-order valence-corrected chi connectivity index (χ0v) is 15.5. The lowest BCUT2D eigenvalue weighted by molar-refractivity contribution is -0.131. The predicted molar refractivity (Wildman–Crippen MR) is 98.0 cm³/mol. The number of hydrogen-bond donors (Lipinski definition) is 0. The van der Waals surface area contributed by atoms with E-state index in [1.807, 2.05) is 31.1 Å². The molecule has 0 aliphatic carbocycles. The normalized spacial score (nSPS) is 11.0. The van der Waals surface area contributed by atoms with Gasteiger partial charge in [-0.1, -0.05) is 42.8 Å². The van der Waals surface area contributed by atoms with Crippen LogP contribution >= 0.6 is 22.9 Å². The van der Waals surface area contributed by atoms with Crippen molar-refractivity contribution < 1.29 is 4.79 Å². The molecule has 124 valence electrons. The van der Waals surface area contributed by atoms with E-state index in [-0.39, 0.29) is 5.91 Å². The zero-order valence-electron chi connectivity index (χ0n) is 13.9. The highest BCUT2D eigenvalue weighted by Gasteiger charge is 2.13. The second-order valence-electron chi connectivity index (χ2n) is 5.80. The van der Waals surface area contributed by atoms with Crippen LogP contribution in [0.2, 0.25) is 4.34 Å². The summed E-state index contributed by atoms with van der Waals surface area (Å²) >= 11 is 7.49. The van der Waals surface area contributed by atoms with E-state index in [1.165, 1.54) is 10.4 Å². The first kappa shape index (κ1) is 18.0. The Kier molecular flexibility index (Phi) is 6.63. The molecule has 0 bridgehead atoms. The molecule has 0 spiro atoms. The largest absolute Gasteiger partial charge is 0.340 e. The molecule has 0 saturated carbocycles. The molecule has 0 unspecified atom stereocenters. The quantitative estimate of drug-likeness (QED) is 0.752. The average molecular weight is 351 g/mol. The minimum Gasteiger partial charge on any atom is -0.340 e. The summed E-state index contributed by atoms with van der Waals surface area (Å²) in [6, 6.07) is 12.3. The van der Waals surface area contributed by atoms with Crippen molar-refractivity contribution in [3.05, 3.63) is 56.7 Å².